The lowest BCUT2D eigenvalue weighted by atomic mass is 10.1. The lowest BCUT2D eigenvalue weighted by molar-refractivity contribution is -0.116. The van der Waals surface area contributed by atoms with Crippen LogP contribution in [0, 0.1) is 0 Å². The Labute approximate surface area is 348 Å². The zero-order valence-corrected chi connectivity index (χ0v) is 33.6. The van der Waals surface area contributed by atoms with Crippen LogP contribution in [0.2, 0.25) is 0 Å². The van der Waals surface area contributed by atoms with Gasteiger partial charge in [0.25, 0.3) is 23.6 Å². The molecule has 0 unspecified atom stereocenters. The molecule has 2 aliphatic heterocycles. The number of fused-ring (bicyclic) bond motifs is 3. The summed E-state index contributed by atoms with van der Waals surface area (Å²) in [7, 11) is 6.47. The zero-order valence-electron chi connectivity index (χ0n) is 33.6. The summed E-state index contributed by atoms with van der Waals surface area (Å²) in [4.78, 5) is 76.5. The fourth-order valence-corrected chi connectivity index (χ4v) is 7.14. The Kier molecular flexibility index (Phi) is 10.6. The van der Waals surface area contributed by atoms with Gasteiger partial charge in [-0.15, -0.1) is 0 Å². The van der Waals surface area contributed by atoms with Gasteiger partial charge in [-0.3, -0.25) is 33.5 Å². The third-order valence-electron chi connectivity index (χ3n) is 10.2. The lowest BCUT2D eigenvalue weighted by Crippen LogP contribution is -2.35. The van der Waals surface area contributed by atoms with Gasteiger partial charge in [0.1, 0.15) is 11.4 Å². The van der Waals surface area contributed by atoms with E-state index in [0.29, 0.717) is 57.4 Å². The third kappa shape index (κ3) is 8.01. The van der Waals surface area contributed by atoms with Gasteiger partial charge in [0.2, 0.25) is 11.7 Å². The SMILES string of the molecule is COc1cc2c(cc1OCCCC(=O)Nc1cn(C)c(C(=O)Nc3cc(C(=O)Nc4cc(C(=O)n5ccc6cc(N)ccc65)n(C)c4)n(C)c3)n1)N=C[C@@H]1C=CC=CN1C2=O. The summed E-state index contributed by atoms with van der Waals surface area (Å²) in [6.07, 6.45) is 15.8. The van der Waals surface area contributed by atoms with Gasteiger partial charge < -0.3 is 49.8 Å². The average molecular weight is 824 g/mol. The second-order valence-electron chi connectivity index (χ2n) is 14.5. The van der Waals surface area contributed by atoms with Crippen molar-refractivity contribution in [1.82, 2.24) is 28.2 Å². The molecule has 61 heavy (non-hydrogen) atoms. The van der Waals surface area contributed by atoms with Gasteiger partial charge in [-0.2, -0.15) is 0 Å². The van der Waals surface area contributed by atoms with Crippen LogP contribution in [0.3, 0.4) is 0 Å². The van der Waals surface area contributed by atoms with E-state index in [1.165, 1.54) is 28.5 Å². The van der Waals surface area contributed by atoms with Gasteiger partial charge in [0.05, 0.1) is 47.9 Å². The number of rotatable bonds is 12. The van der Waals surface area contributed by atoms with Crippen molar-refractivity contribution in [3.8, 4) is 11.5 Å². The molecule has 6 aromatic rings. The quantitative estimate of drug-likeness (QED) is 0.0937. The second-order valence-corrected chi connectivity index (χ2v) is 14.5. The predicted octanol–water partition coefficient (Wildman–Crippen LogP) is 5.24. The van der Waals surface area contributed by atoms with Crippen LogP contribution >= 0.6 is 0 Å². The summed E-state index contributed by atoms with van der Waals surface area (Å²) in [5.74, 6) is -0.913. The maximum absolute atomic E-state index is 13.4. The average Bonchev–Trinajstić information content (AvgIpc) is 4.00. The molecule has 310 valence electrons. The highest BCUT2D eigenvalue weighted by molar-refractivity contribution is 6.08. The molecule has 4 amide bonds. The number of carbonyl (C=O) groups excluding carboxylic acids is 5. The summed E-state index contributed by atoms with van der Waals surface area (Å²) in [6, 6.07) is 13.2. The number of benzene rings is 2. The van der Waals surface area contributed by atoms with Crippen LogP contribution in [0.25, 0.3) is 10.9 Å². The number of methoxy groups -OCH3 is 1. The molecular formula is C43H41N11O7. The summed E-state index contributed by atoms with van der Waals surface area (Å²) in [6.45, 7) is 0.169. The number of anilines is 4. The largest absolute Gasteiger partial charge is 0.493 e. The van der Waals surface area contributed by atoms with E-state index in [-0.39, 0.29) is 54.1 Å². The number of nitrogens with two attached hydrogens (primary N) is 1. The van der Waals surface area contributed by atoms with Crippen molar-refractivity contribution in [3.05, 3.63) is 121 Å². The molecule has 2 aromatic carbocycles. The number of hydrogen-bond donors (Lipinski definition) is 4. The number of aryl methyl sites for hydroxylation is 3. The smallest absolute Gasteiger partial charge is 0.291 e. The van der Waals surface area contributed by atoms with E-state index >= 15 is 0 Å². The molecule has 8 rings (SSSR count). The van der Waals surface area contributed by atoms with Crippen LogP contribution in [-0.2, 0) is 25.9 Å². The van der Waals surface area contributed by atoms with Crippen LogP contribution in [0.4, 0.5) is 28.6 Å². The van der Waals surface area contributed by atoms with Crippen LogP contribution in [0.15, 0.2) is 103 Å². The van der Waals surface area contributed by atoms with E-state index in [1.807, 2.05) is 18.2 Å². The molecule has 0 saturated carbocycles. The number of aromatic nitrogens is 5. The number of nitrogens with zero attached hydrogens (tertiary/aromatic N) is 7. The summed E-state index contributed by atoms with van der Waals surface area (Å²) in [5.41, 5.74) is 9.36. The van der Waals surface area contributed by atoms with Gasteiger partial charge >= 0.3 is 0 Å². The Morgan fingerprint density at radius 3 is 2.38 bits per heavy atom. The fourth-order valence-electron chi connectivity index (χ4n) is 7.14. The molecule has 5 N–H and O–H groups in total. The number of allylic oxidation sites excluding steroid dienone is 2. The van der Waals surface area contributed by atoms with E-state index in [4.69, 9.17) is 15.2 Å². The van der Waals surface area contributed by atoms with Crippen molar-refractivity contribution in [2.75, 3.05) is 35.4 Å². The Morgan fingerprint density at radius 1 is 0.836 bits per heavy atom. The molecule has 1 atom stereocenters. The first-order chi connectivity index (χ1) is 29.4. The first kappa shape index (κ1) is 39.7. The van der Waals surface area contributed by atoms with Crippen molar-refractivity contribution in [2.45, 2.75) is 18.9 Å². The van der Waals surface area contributed by atoms with E-state index in [2.05, 4.69) is 25.9 Å². The van der Waals surface area contributed by atoms with E-state index < -0.39 is 11.8 Å². The van der Waals surface area contributed by atoms with Gasteiger partial charge in [0, 0.05) is 81.9 Å². The Bertz CT molecular complexity index is 2850. The number of nitrogens with one attached hydrogen (secondary N) is 3. The normalized spacial score (nSPS) is 14.1. The van der Waals surface area contributed by atoms with Crippen molar-refractivity contribution in [1.29, 1.82) is 0 Å². The number of carbonyl (C=O) groups is 5. The van der Waals surface area contributed by atoms with E-state index in [9.17, 15) is 24.0 Å². The van der Waals surface area contributed by atoms with Gasteiger partial charge in [0.15, 0.2) is 17.3 Å². The Balaban J connectivity index is 0.838. The van der Waals surface area contributed by atoms with Gasteiger partial charge in [-0.25, -0.2) is 4.98 Å². The molecule has 6 heterocycles. The minimum Gasteiger partial charge on any atom is -0.493 e. The number of hydrogen-bond acceptors (Lipinski definition) is 10. The van der Waals surface area contributed by atoms with Gasteiger partial charge in [-0.1, -0.05) is 12.2 Å². The molecular weight excluding hydrogens is 783 g/mol. The topological polar surface area (TPSA) is 214 Å². The van der Waals surface area contributed by atoms with Crippen molar-refractivity contribution in [2.24, 2.45) is 26.1 Å². The van der Waals surface area contributed by atoms with Crippen molar-refractivity contribution < 1.29 is 33.4 Å². The number of amides is 4. The van der Waals surface area contributed by atoms with Gasteiger partial charge in [-0.05, 0) is 55.0 Å². The first-order valence-corrected chi connectivity index (χ1v) is 19.1. The van der Waals surface area contributed by atoms with Crippen molar-refractivity contribution in [3.63, 3.8) is 0 Å². The third-order valence-corrected chi connectivity index (χ3v) is 10.2. The highest BCUT2D eigenvalue weighted by atomic mass is 16.5. The molecule has 4 aromatic heterocycles. The summed E-state index contributed by atoms with van der Waals surface area (Å²) < 4.78 is 17.6. The molecule has 2 aliphatic rings. The molecule has 0 saturated heterocycles. The molecule has 0 aliphatic carbocycles. The highest BCUT2D eigenvalue weighted by Crippen LogP contribution is 2.37. The standard InChI is InChI=1S/C43H41N11O7/c1-50-22-27(17-33(50)40(56)46-28-18-34(51(2)23-28)43(59)54-14-12-25-16-26(44)10-11-32(25)54)47-41(57)39-49-37(24-52(39)3)48-38(55)9-7-15-61-36-20-31-30(19-35(36)60-4)42(58)53-13-6-5-8-29(53)21-45-31/h5-6,8,10-14,16-24,29H,7,9,15,44H2,1-4H3,(H,46,56)(H,47,57)(H,48,55)/t29-/m0/s1. The minimum atomic E-state index is -0.565. The number of imidazole rings is 1. The fraction of sp³-hybridized carbons (Fsp3) is 0.186. The van der Waals surface area contributed by atoms with Crippen LogP contribution in [0.1, 0.15) is 54.8 Å². The number of ether oxygens (including phenoxy) is 2. The second kappa shape index (κ2) is 16.2. The Morgan fingerprint density at radius 2 is 1.59 bits per heavy atom. The lowest BCUT2D eigenvalue weighted by Gasteiger charge is -2.24. The van der Waals surface area contributed by atoms with Crippen LogP contribution in [-0.4, -0.2) is 83.7 Å². The highest BCUT2D eigenvalue weighted by Gasteiger charge is 2.28. The van der Waals surface area contributed by atoms with Crippen LogP contribution < -0.4 is 31.2 Å². The van der Waals surface area contributed by atoms with Crippen LogP contribution in [0.5, 0.6) is 11.5 Å². The van der Waals surface area contributed by atoms with E-state index in [0.717, 1.165) is 5.39 Å². The predicted molar refractivity (Wildman–Crippen MR) is 229 cm³/mol. The molecule has 0 fully saturated rings. The monoisotopic (exact) mass is 823 g/mol. The minimum absolute atomic E-state index is 0.0217. The first-order valence-electron chi connectivity index (χ1n) is 19.1. The van der Waals surface area contributed by atoms with Crippen molar-refractivity contribution >= 4 is 75.2 Å². The van der Waals surface area contributed by atoms with E-state index in [1.54, 1.807) is 109 Å². The molecule has 0 bridgehead atoms. The summed E-state index contributed by atoms with van der Waals surface area (Å²) in [5, 5.41) is 9.12. The Hall–Kier alpha value is -8.15. The molecule has 18 heteroatoms. The maximum atomic E-state index is 13.4. The molecule has 18 nitrogen and oxygen atoms in total. The number of aliphatic imine (C=N–C) groups is 1. The number of nitrogen functional groups attached to an aromatic ring is 1. The zero-order chi connectivity index (χ0) is 42.9. The molecule has 0 radical (unpaired) electrons. The summed E-state index contributed by atoms with van der Waals surface area (Å²) >= 11 is 0. The maximum Gasteiger partial charge on any atom is 0.291 e. The molecule has 0 spiro atoms.